The Bertz CT molecular complexity index is 918. The van der Waals surface area contributed by atoms with Gasteiger partial charge >= 0.3 is 0 Å². The number of hydrogen-bond donors (Lipinski definition) is 0. The fourth-order valence-corrected chi connectivity index (χ4v) is 10.4. The van der Waals surface area contributed by atoms with Gasteiger partial charge in [0.2, 0.25) is 0 Å². The lowest BCUT2D eigenvalue weighted by molar-refractivity contribution is 1.73. The summed E-state index contributed by atoms with van der Waals surface area (Å²) in [6.07, 6.45) is 0. The first-order chi connectivity index (χ1) is 14.6. The van der Waals surface area contributed by atoms with Crippen LogP contribution in [0.1, 0.15) is 0 Å². The van der Waals surface area contributed by atoms with Gasteiger partial charge in [0, 0.05) is 0 Å². The Morgan fingerprint density at radius 1 is 0.367 bits per heavy atom. The van der Waals surface area contributed by atoms with Crippen molar-refractivity contribution in [2.45, 2.75) is 0 Å². The van der Waals surface area contributed by atoms with Gasteiger partial charge in [-0.05, 0) is 48.5 Å². The van der Waals surface area contributed by atoms with E-state index in [1.54, 1.807) is 0 Å². The minimum Gasteiger partial charge on any atom is -0.0620 e. The van der Waals surface area contributed by atoms with E-state index in [1.165, 1.54) is 21.2 Å². The van der Waals surface area contributed by atoms with E-state index < -0.39 is 14.5 Å². The molecule has 148 valence electrons. The molecule has 0 aliphatic heterocycles. The first-order valence-corrected chi connectivity index (χ1v) is 14.9. The summed E-state index contributed by atoms with van der Waals surface area (Å²) in [5.41, 5.74) is 0. The zero-order valence-corrected chi connectivity index (χ0v) is 19.4. The Balaban J connectivity index is 1.87. The zero-order chi connectivity index (χ0) is 20.9. The van der Waals surface area contributed by atoms with E-state index in [0.717, 1.165) is 0 Å². The first-order valence-electron chi connectivity index (χ1n) is 10.3. The molecule has 4 rings (SSSR count). The molecule has 0 aliphatic rings. The van der Waals surface area contributed by atoms with E-state index in [-0.39, 0.29) is 0 Å². The van der Waals surface area contributed by atoms with Crippen LogP contribution in [0.15, 0.2) is 133 Å². The van der Waals surface area contributed by atoms with Crippen LogP contribution in [0.5, 0.6) is 0 Å². The highest BCUT2D eigenvalue weighted by atomic mass is 31.2. The second-order valence-electron chi connectivity index (χ2n) is 7.79. The van der Waals surface area contributed by atoms with Crippen molar-refractivity contribution in [3.05, 3.63) is 133 Å². The minimum absolute atomic E-state index is 1.42. The van der Waals surface area contributed by atoms with Crippen LogP contribution in [0.2, 0.25) is 0 Å². The third kappa shape index (κ3) is 4.17. The fourth-order valence-electron chi connectivity index (χ4n) is 3.86. The van der Waals surface area contributed by atoms with Crippen molar-refractivity contribution in [3.63, 3.8) is 0 Å². The summed E-state index contributed by atoms with van der Waals surface area (Å²) in [7, 11) is -3.33. The third-order valence-electron chi connectivity index (χ3n) is 5.83. The Labute approximate surface area is 182 Å². The smallest absolute Gasteiger partial charge is 0.0620 e. The molecule has 0 spiro atoms. The van der Waals surface area contributed by atoms with E-state index in [0.29, 0.717) is 0 Å². The summed E-state index contributed by atoms with van der Waals surface area (Å²) in [4.78, 5) is 0. The Kier molecular flexibility index (Phi) is 6.29. The van der Waals surface area contributed by atoms with Gasteiger partial charge in [-0.3, -0.25) is 0 Å². The van der Waals surface area contributed by atoms with E-state index in [2.05, 4.69) is 146 Å². The summed E-state index contributed by atoms with van der Waals surface area (Å²) in [6, 6.07) is 44.0. The maximum atomic E-state index is 2.55. The summed E-state index contributed by atoms with van der Waals surface area (Å²) in [6.45, 7) is 4.88. The van der Waals surface area contributed by atoms with Crippen molar-refractivity contribution in [2.75, 3.05) is 13.3 Å². The van der Waals surface area contributed by atoms with Crippen LogP contribution in [-0.2, 0) is 0 Å². The molecule has 0 amide bonds. The van der Waals surface area contributed by atoms with E-state index in [9.17, 15) is 0 Å². The number of hydrogen-bond acceptors (Lipinski definition) is 0. The van der Waals surface area contributed by atoms with Crippen molar-refractivity contribution in [2.24, 2.45) is 0 Å². The van der Waals surface area contributed by atoms with Gasteiger partial charge in [0.25, 0.3) is 0 Å². The van der Waals surface area contributed by atoms with Crippen LogP contribution >= 0.6 is 14.5 Å². The van der Waals surface area contributed by atoms with E-state index in [4.69, 9.17) is 0 Å². The molecule has 0 heterocycles. The Morgan fingerprint density at radius 2 is 0.567 bits per heavy atom. The second-order valence-corrected chi connectivity index (χ2v) is 14.8. The van der Waals surface area contributed by atoms with E-state index >= 15 is 0 Å². The molecule has 0 saturated carbocycles. The third-order valence-corrected chi connectivity index (χ3v) is 13.0. The molecule has 0 radical (unpaired) electrons. The lowest BCUT2D eigenvalue weighted by Gasteiger charge is -2.22. The van der Waals surface area contributed by atoms with Gasteiger partial charge in [-0.25, -0.2) is 0 Å². The predicted molar refractivity (Wildman–Crippen MR) is 139 cm³/mol. The monoisotopic (exact) mass is 426 g/mol. The van der Waals surface area contributed by atoms with Crippen molar-refractivity contribution in [1.82, 2.24) is 0 Å². The zero-order valence-electron chi connectivity index (χ0n) is 17.6. The van der Waals surface area contributed by atoms with Crippen LogP contribution in [0, 0.1) is 0 Å². The molecule has 0 fully saturated rings. The molecule has 30 heavy (non-hydrogen) atoms. The van der Waals surface area contributed by atoms with Crippen LogP contribution in [0.4, 0.5) is 0 Å². The molecule has 0 aliphatic carbocycles. The molecule has 0 unspecified atom stereocenters. The summed E-state index contributed by atoms with van der Waals surface area (Å²) in [5, 5.41) is 5.67. The molecule has 0 aromatic heterocycles. The van der Waals surface area contributed by atoms with Gasteiger partial charge < -0.3 is 0 Å². The molecule has 0 N–H and O–H groups in total. The van der Waals surface area contributed by atoms with Gasteiger partial charge in [-0.2, -0.15) is 0 Å². The molecular formula is C28H28P2+2. The van der Waals surface area contributed by atoms with Crippen LogP contribution in [0.3, 0.4) is 0 Å². The van der Waals surface area contributed by atoms with Crippen molar-refractivity contribution in [3.8, 4) is 0 Å². The van der Waals surface area contributed by atoms with Gasteiger partial charge in [-0.15, -0.1) is 0 Å². The molecule has 0 bridgehead atoms. The highest BCUT2D eigenvalue weighted by Crippen LogP contribution is 2.61. The highest BCUT2D eigenvalue weighted by molar-refractivity contribution is 7.94. The maximum absolute atomic E-state index is 2.55. The van der Waals surface area contributed by atoms with Gasteiger partial charge in [-0.1, -0.05) is 72.8 Å². The van der Waals surface area contributed by atoms with Gasteiger partial charge in [0.15, 0.2) is 0 Å². The average Bonchev–Trinajstić information content (AvgIpc) is 2.84. The normalized spacial score (nSPS) is 12.2. The molecule has 2 heteroatoms. The lowest BCUT2D eigenvalue weighted by Crippen LogP contribution is -2.22. The van der Waals surface area contributed by atoms with Crippen molar-refractivity contribution in [1.29, 1.82) is 0 Å². The summed E-state index contributed by atoms with van der Waals surface area (Å²) in [5.74, 6) is 5.09. The van der Waals surface area contributed by atoms with Gasteiger partial charge in [0.05, 0.1) is 13.3 Å². The topological polar surface area (TPSA) is 0 Å². The lowest BCUT2D eigenvalue weighted by atomic mass is 10.4. The summed E-state index contributed by atoms with van der Waals surface area (Å²) < 4.78 is 0. The molecule has 4 aromatic carbocycles. The largest absolute Gasteiger partial charge is 0.105 e. The highest BCUT2D eigenvalue weighted by Gasteiger charge is 2.40. The molecular weight excluding hydrogens is 398 g/mol. The molecule has 0 atom stereocenters. The summed E-state index contributed by atoms with van der Waals surface area (Å²) >= 11 is 0. The van der Waals surface area contributed by atoms with E-state index in [1.807, 2.05) is 0 Å². The van der Waals surface area contributed by atoms with Gasteiger partial charge in [0.1, 0.15) is 47.4 Å². The standard InChI is InChI=1S/C28H28P2/c1-29(25-15-7-3-8-16-25,26-17-9-4-10-18-26)23-24-30(2,27-19-11-5-12-20-27)28-21-13-6-14-22-28/h3-24H,1-2H3/q+2. The van der Waals surface area contributed by atoms with Crippen LogP contribution in [-0.4, -0.2) is 13.3 Å². The Hall–Kier alpha value is -2.52. The Morgan fingerprint density at radius 3 is 0.767 bits per heavy atom. The maximum Gasteiger partial charge on any atom is 0.105 e. The quantitative estimate of drug-likeness (QED) is 0.329. The predicted octanol–water partition coefficient (Wildman–Crippen LogP) is 6.05. The SMILES string of the molecule is C[P+](C=C[P+](C)(c1ccccc1)c1ccccc1)(c1ccccc1)c1ccccc1. The number of benzene rings is 4. The van der Waals surface area contributed by atoms with Crippen molar-refractivity contribution < 1.29 is 0 Å². The molecule has 0 nitrogen and oxygen atoms in total. The van der Waals surface area contributed by atoms with Crippen molar-refractivity contribution >= 4 is 35.7 Å². The first kappa shape index (κ1) is 20.7. The minimum atomic E-state index is -1.66. The number of rotatable bonds is 6. The molecule has 4 aromatic rings. The average molecular weight is 426 g/mol. The fraction of sp³-hybridized carbons (Fsp3) is 0.0714. The second kappa shape index (κ2) is 9.09. The van der Waals surface area contributed by atoms with Crippen LogP contribution < -0.4 is 21.2 Å². The van der Waals surface area contributed by atoms with Crippen LogP contribution in [0.25, 0.3) is 0 Å². The molecule has 0 saturated heterocycles.